The molecule has 0 aliphatic heterocycles. The second-order valence-electron chi connectivity index (χ2n) is 4.32. The molecule has 116 valence electrons. The van der Waals surface area contributed by atoms with Crippen molar-refractivity contribution in [2.45, 2.75) is 19.0 Å². The third-order valence-corrected chi connectivity index (χ3v) is 2.52. The van der Waals surface area contributed by atoms with Gasteiger partial charge in [-0.15, -0.1) is 6.58 Å². The first-order valence-electron chi connectivity index (χ1n) is 6.44. The Morgan fingerprint density at radius 3 is 2.48 bits per heavy atom. The first-order valence-corrected chi connectivity index (χ1v) is 6.44. The second kappa shape index (κ2) is 8.46. The molecular formula is C15H17F3O3. The normalized spacial score (nSPS) is 11.2. The predicted octanol–water partition coefficient (Wildman–Crippen LogP) is 3.79. The molecule has 0 aromatic heterocycles. The lowest BCUT2D eigenvalue weighted by molar-refractivity contribution is -0.136. The minimum absolute atomic E-state index is 0.0186. The summed E-state index contributed by atoms with van der Waals surface area (Å²) in [4.78, 5) is 11.7. The van der Waals surface area contributed by atoms with E-state index in [2.05, 4.69) is 6.58 Å². The van der Waals surface area contributed by atoms with E-state index in [1.165, 1.54) is 0 Å². The van der Waals surface area contributed by atoms with Crippen LogP contribution in [-0.4, -0.2) is 31.8 Å². The molecule has 0 unspecified atom stereocenters. The summed E-state index contributed by atoms with van der Waals surface area (Å²) < 4.78 is 46.0. The highest BCUT2D eigenvalue weighted by atomic mass is 19.4. The molecule has 6 heteroatoms. The summed E-state index contributed by atoms with van der Waals surface area (Å²) >= 11 is 0. The van der Waals surface area contributed by atoms with E-state index in [9.17, 15) is 18.0 Å². The van der Waals surface area contributed by atoms with E-state index < -0.39 is 12.6 Å². The molecule has 0 N–H and O–H groups in total. The van der Waals surface area contributed by atoms with E-state index in [0.717, 1.165) is 0 Å². The third-order valence-electron chi connectivity index (χ3n) is 2.52. The molecule has 0 saturated heterocycles. The Balaban J connectivity index is 2.36. The Hall–Kier alpha value is -1.82. The van der Waals surface area contributed by atoms with Gasteiger partial charge >= 0.3 is 6.18 Å². The van der Waals surface area contributed by atoms with Gasteiger partial charge in [0.15, 0.2) is 5.78 Å². The maximum atomic E-state index is 11.9. The fourth-order valence-electron chi connectivity index (χ4n) is 1.52. The van der Waals surface area contributed by atoms with Crippen LogP contribution < -0.4 is 4.74 Å². The Labute approximate surface area is 121 Å². The van der Waals surface area contributed by atoms with Crippen LogP contribution in [0.3, 0.4) is 0 Å². The molecule has 21 heavy (non-hydrogen) atoms. The van der Waals surface area contributed by atoms with Gasteiger partial charge in [-0.1, -0.05) is 6.08 Å². The van der Waals surface area contributed by atoms with Crippen LogP contribution in [0.25, 0.3) is 0 Å². The van der Waals surface area contributed by atoms with Crippen LogP contribution in [0.5, 0.6) is 5.75 Å². The Bertz CT molecular complexity index is 452. The average Bonchev–Trinajstić information content (AvgIpc) is 2.43. The van der Waals surface area contributed by atoms with Gasteiger partial charge in [0.1, 0.15) is 12.4 Å². The number of carbonyl (C=O) groups excluding carboxylic acids is 1. The lowest BCUT2D eigenvalue weighted by Crippen LogP contribution is -2.10. The maximum Gasteiger partial charge on any atom is 0.389 e. The number of Topliss-reactive ketones (excluding diaryl/α,β-unsaturated/α-hetero) is 1. The number of hydrogen-bond acceptors (Lipinski definition) is 3. The van der Waals surface area contributed by atoms with Crippen molar-refractivity contribution < 1.29 is 27.4 Å². The molecule has 0 atom stereocenters. The van der Waals surface area contributed by atoms with Gasteiger partial charge in [-0.2, -0.15) is 13.2 Å². The molecule has 0 fully saturated rings. The molecule has 0 radical (unpaired) electrons. The van der Waals surface area contributed by atoms with Crippen molar-refractivity contribution >= 4 is 5.78 Å². The number of ketones is 1. The molecule has 0 aliphatic rings. The number of halogens is 3. The molecule has 0 heterocycles. The fourth-order valence-corrected chi connectivity index (χ4v) is 1.52. The van der Waals surface area contributed by atoms with Crippen LogP contribution in [0.15, 0.2) is 36.9 Å². The van der Waals surface area contributed by atoms with Crippen LogP contribution in [0.1, 0.15) is 23.2 Å². The molecule has 0 bridgehead atoms. The van der Waals surface area contributed by atoms with E-state index in [0.29, 0.717) is 17.9 Å². The lowest BCUT2D eigenvalue weighted by Gasteiger charge is -2.08. The molecule has 1 aromatic carbocycles. The Morgan fingerprint density at radius 1 is 1.24 bits per heavy atom. The van der Waals surface area contributed by atoms with Crippen LogP contribution in [0.2, 0.25) is 0 Å². The summed E-state index contributed by atoms with van der Waals surface area (Å²) in [6.07, 6.45) is -3.58. The summed E-state index contributed by atoms with van der Waals surface area (Å²) in [5.41, 5.74) is 0.460. The second-order valence-corrected chi connectivity index (χ2v) is 4.32. The SMILES string of the molecule is C=CCOCC(=O)c1ccc(OCCCC(F)(F)F)cc1. The zero-order valence-corrected chi connectivity index (χ0v) is 11.5. The van der Waals surface area contributed by atoms with Gasteiger partial charge in [0.2, 0.25) is 0 Å². The first kappa shape index (κ1) is 17.2. The number of carbonyl (C=O) groups is 1. The summed E-state index contributed by atoms with van der Waals surface area (Å²) in [6.45, 7) is 3.70. The lowest BCUT2D eigenvalue weighted by atomic mass is 10.1. The highest BCUT2D eigenvalue weighted by Crippen LogP contribution is 2.21. The molecule has 0 amide bonds. The van der Waals surface area contributed by atoms with Gasteiger partial charge in [0.05, 0.1) is 13.2 Å². The van der Waals surface area contributed by atoms with Crippen molar-refractivity contribution in [3.05, 3.63) is 42.5 Å². The van der Waals surface area contributed by atoms with Crippen molar-refractivity contribution in [3.8, 4) is 5.75 Å². The van der Waals surface area contributed by atoms with Crippen molar-refractivity contribution in [3.63, 3.8) is 0 Å². The van der Waals surface area contributed by atoms with Gasteiger partial charge in [-0.3, -0.25) is 4.79 Å². The first-order chi connectivity index (χ1) is 9.92. The molecule has 1 rings (SSSR count). The largest absolute Gasteiger partial charge is 0.494 e. The fraction of sp³-hybridized carbons (Fsp3) is 0.400. The van der Waals surface area contributed by atoms with Crippen LogP contribution in [0.4, 0.5) is 13.2 Å². The van der Waals surface area contributed by atoms with Crippen molar-refractivity contribution in [1.29, 1.82) is 0 Å². The van der Waals surface area contributed by atoms with Gasteiger partial charge < -0.3 is 9.47 Å². The zero-order valence-electron chi connectivity index (χ0n) is 11.5. The molecule has 1 aromatic rings. The highest BCUT2D eigenvalue weighted by molar-refractivity contribution is 5.97. The van der Waals surface area contributed by atoms with Gasteiger partial charge in [-0.05, 0) is 30.7 Å². The number of hydrogen-bond donors (Lipinski definition) is 0. The number of alkyl halides is 3. The zero-order chi connectivity index (χ0) is 15.7. The van der Waals surface area contributed by atoms with E-state index in [-0.39, 0.29) is 25.4 Å². The molecule has 0 saturated carbocycles. The molecule has 0 spiro atoms. The minimum Gasteiger partial charge on any atom is -0.494 e. The van der Waals surface area contributed by atoms with Gasteiger partial charge in [0, 0.05) is 12.0 Å². The summed E-state index contributed by atoms with van der Waals surface area (Å²) in [5, 5.41) is 0. The Morgan fingerprint density at radius 2 is 1.90 bits per heavy atom. The summed E-state index contributed by atoms with van der Waals surface area (Å²) in [5.74, 6) is 0.251. The summed E-state index contributed by atoms with van der Waals surface area (Å²) in [6, 6.07) is 6.21. The molecular weight excluding hydrogens is 285 g/mol. The van der Waals surface area contributed by atoms with Crippen molar-refractivity contribution in [2.75, 3.05) is 19.8 Å². The van der Waals surface area contributed by atoms with Crippen LogP contribution in [0, 0.1) is 0 Å². The minimum atomic E-state index is -4.16. The number of benzene rings is 1. The highest BCUT2D eigenvalue weighted by Gasteiger charge is 2.26. The average molecular weight is 302 g/mol. The van der Waals surface area contributed by atoms with E-state index >= 15 is 0 Å². The Kier molecular flexibility index (Phi) is 6.94. The molecule has 0 aliphatic carbocycles. The number of rotatable bonds is 9. The topological polar surface area (TPSA) is 35.5 Å². The quantitative estimate of drug-likeness (QED) is 0.395. The van der Waals surface area contributed by atoms with Gasteiger partial charge in [0.25, 0.3) is 0 Å². The predicted molar refractivity (Wildman–Crippen MR) is 72.6 cm³/mol. The van der Waals surface area contributed by atoms with Crippen molar-refractivity contribution in [2.24, 2.45) is 0 Å². The smallest absolute Gasteiger partial charge is 0.389 e. The third kappa shape index (κ3) is 7.51. The van der Waals surface area contributed by atoms with E-state index in [1.54, 1.807) is 30.3 Å². The number of ether oxygens (including phenoxy) is 2. The monoisotopic (exact) mass is 302 g/mol. The van der Waals surface area contributed by atoms with E-state index in [1.807, 2.05) is 0 Å². The van der Waals surface area contributed by atoms with Crippen LogP contribution >= 0.6 is 0 Å². The van der Waals surface area contributed by atoms with Crippen LogP contribution in [-0.2, 0) is 4.74 Å². The van der Waals surface area contributed by atoms with Gasteiger partial charge in [-0.25, -0.2) is 0 Å². The van der Waals surface area contributed by atoms with Crippen molar-refractivity contribution in [1.82, 2.24) is 0 Å². The molecule has 3 nitrogen and oxygen atoms in total. The summed E-state index contributed by atoms with van der Waals surface area (Å²) in [7, 11) is 0. The maximum absolute atomic E-state index is 11.9. The standard InChI is InChI=1S/C15H17F3O3/c1-2-9-20-11-14(19)12-4-6-13(7-5-12)21-10-3-8-15(16,17)18/h2,4-7H,1,3,8-11H2. The van der Waals surface area contributed by atoms with E-state index in [4.69, 9.17) is 9.47 Å².